The van der Waals surface area contributed by atoms with E-state index in [1.54, 1.807) is 18.2 Å². The number of hydrogen-bond acceptors (Lipinski definition) is 4. The van der Waals surface area contributed by atoms with Crippen LogP contribution in [0.5, 0.6) is 0 Å². The maximum absolute atomic E-state index is 12.9. The van der Waals surface area contributed by atoms with Gasteiger partial charge in [0.05, 0.1) is 0 Å². The van der Waals surface area contributed by atoms with Crippen LogP contribution in [0.1, 0.15) is 44.8 Å². The zero-order valence-electron chi connectivity index (χ0n) is 17.1. The van der Waals surface area contributed by atoms with Crippen LogP contribution in [0.4, 0.5) is 5.69 Å². The first-order valence-electron chi connectivity index (χ1n) is 10.2. The summed E-state index contributed by atoms with van der Waals surface area (Å²) in [5.74, 6) is -1.29. The molecule has 1 fully saturated rings. The third kappa shape index (κ3) is 3.38. The lowest BCUT2D eigenvalue weighted by atomic mass is 10.0. The number of hydrogen-bond donors (Lipinski definition) is 3. The zero-order chi connectivity index (χ0) is 22.6. The largest absolute Gasteiger partial charge is 0.350 e. The van der Waals surface area contributed by atoms with Gasteiger partial charge in [0, 0.05) is 39.6 Å². The summed E-state index contributed by atoms with van der Waals surface area (Å²) in [5.41, 5.74) is 3.98. The fourth-order valence-electron chi connectivity index (χ4n) is 4.37. The number of amides is 4. The maximum atomic E-state index is 12.9. The van der Waals surface area contributed by atoms with E-state index in [0.29, 0.717) is 23.4 Å². The van der Waals surface area contributed by atoms with E-state index in [1.807, 2.05) is 25.1 Å². The maximum Gasteiger partial charge on any atom is 0.272 e. The highest BCUT2D eigenvalue weighted by Gasteiger charge is 2.39. The van der Waals surface area contributed by atoms with Crippen molar-refractivity contribution >= 4 is 56.1 Å². The van der Waals surface area contributed by atoms with Crippen LogP contribution in [0.3, 0.4) is 0 Å². The number of carbonyl (C=O) groups excluding carboxylic acids is 4. The number of aromatic amines is 1. The Morgan fingerprint density at radius 3 is 2.75 bits per heavy atom. The van der Waals surface area contributed by atoms with Crippen LogP contribution in [0.15, 0.2) is 40.9 Å². The van der Waals surface area contributed by atoms with Crippen molar-refractivity contribution in [2.24, 2.45) is 0 Å². The van der Waals surface area contributed by atoms with Gasteiger partial charge in [0.2, 0.25) is 11.8 Å². The summed E-state index contributed by atoms with van der Waals surface area (Å²) in [4.78, 5) is 54.0. The smallest absolute Gasteiger partial charge is 0.272 e. The Morgan fingerprint density at radius 2 is 1.97 bits per heavy atom. The van der Waals surface area contributed by atoms with Crippen LogP contribution < -0.4 is 10.6 Å². The van der Waals surface area contributed by atoms with Crippen molar-refractivity contribution in [1.82, 2.24) is 15.2 Å². The summed E-state index contributed by atoms with van der Waals surface area (Å²) in [6.07, 6.45) is 0.516. The molecule has 0 radical (unpaired) electrons. The number of halogens is 1. The van der Waals surface area contributed by atoms with E-state index >= 15 is 0 Å². The number of imide groups is 1. The summed E-state index contributed by atoms with van der Waals surface area (Å²) in [6.45, 7) is 2.14. The molecule has 3 aromatic rings. The predicted octanol–water partition coefficient (Wildman–Crippen LogP) is 3.25. The first kappa shape index (κ1) is 20.4. The van der Waals surface area contributed by atoms with Gasteiger partial charge >= 0.3 is 0 Å². The molecule has 0 aliphatic carbocycles. The molecule has 1 unspecified atom stereocenters. The van der Waals surface area contributed by atoms with Crippen molar-refractivity contribution in [3.8, 4) is 0 Å². The summed E-state index contributed by atoms with van der Waals surface area (Å²) in [7, 11) is 0. The molecule has 3 N–H and O–H groups in total. The average molecular weight is 495 g/mol. The Kier molecular flexibility index (Phi) is 4.85. The summed E-state index contributed by atoms with van der Waals surface area (Å²) in [6, 6.07) is 10.2. The van der Waals surface area contributed by atoms with Crippen LogP contribution in [0, 0.1) is 6.92 Å². The van der Waals surface area contributed by atoms with Crippen molar-refractivity contribution < 1.29 is 19.2 Å². The van der Waals surface area contributed by atoms with Gasteiger partial charge in [0.1, 0.15) is 11.7 Å². The SMILES string of the molecule is Cc1c(C(=O)Nc2ccc3c(c2)CN(C2CCC(=O)NC2=O)C3=O)[nH]c2ccc(Br)cc12. The third-order valence-corrected chi connectivity index (χ3v) is 6.52. The van der Waals surface area contributed by atoms with Crippen molar-refractivity contribution in [2.75, 3.05) is 5.32 Å². The molecule has 1 atom stereocenters. The van der Waals surface area contributed by atoms with E-state index in [4.69, 9.17) is 0 Å². The number of aromatic nitrogens is 1. The number of benzene rings is 2. The number of aryl methyl sites for hydroxylation is 1. The van der Waals surface area contributed by atoms with Gasteiger partial charge in [0.25, 0.3) is 11.8 Å². The van der Waals surface area contributed by atoms with Gasteiger partial charge in [-0.25, -0.2) is 0 Å². The highest BCUT2D eigenvalue weighted by Crippen LogP contribution is 2.30. The van der Waals surface area contributed by atoms with Crippen LogP contribution in [0.25, 0.3) is 10.9 Å². The molecular weight excluding hydrogens is 476 g/mol. The normalized spacial score (nSPS) is 18.1. The number of rotatable bonds is 3. The van der Waals surface area contributed by atoms with Crippen molar-refractivity contribution in [2.45, 2.75) is 32.4 Å². The highest BCUT2D eigenvalue weighted by atomic mass is 79.9. The second-order valence-corrected chi connectivity index (χ2v) is 8.96. The molecule has 0 spiro atoms. The fourth-order valence-corrected chi connectivity index (χ4v) is 4.73. The lowest BCUT2D eigenvalue weighted by Crippen LogP contribution is -2.52. The van der Waals surface area contributed by atoms with Gasteiger partial charge in [-0.15, -0.1) is 0 Å². The highest BCUT2D eigenvalue weighted by molar-refractivity contribution is 9.10. The minimum atomic E-state index is -0.668. The molecule has 9 heteroatoms. The van der Waals surface area contributed by atoms with Crippen LogP contribution in [-0.2, 0) is 16.1 Å². The summed E-state index contributed by atoms with van der Waals surface area (Å²) < 4.78 is 0.933. The topological polar surface area (TPSA) is 111 Å². The molecule has 162 valence electrons. The van der Waals surface area contributed by atoms with Gasteiger partial charge in [-0.3, -0.25) is 24.5 Å². The molecule has 2 aromatic carbocycles. The molecule has 3 heterocycles. The lowest BCUT2D eigenvalue weighted by Gasteiger charge is -2.29. The Labute approximate surface area is 191 Å². The second-order valence-electron chi connectivity index (χ2n) is 8.04. The van der Waals surface area contributed by atoms with Crippen molar-refractivity contribution in [1.29, 1.82) is 0 Å². The van der Waals surface area contributed by atoms with Crippen LogP contribution >= 0.6 is 15.9 Å². The number of carbonyl (C=O) groups is 4. The number of piperidine rings is 1. The van der Waals surface area contributed by atoms with E-state index < -0.39 is 11.9 Å². The Hall–Kier alpha value is -3.46. The van der Waals surface area contributed by atoms with Gasteiger partial charge < -0.3 is 15.2 Å². The van der Waals surface area contributed by atoms with Crippen molar-refractivity contribution in [3.05, 3.63) is 63.3 Å². The van der Waals surface area contributed by atoms with E-state index in [1.165, 1.54) is 4.90 Å². The number of nitrogens with zero attached hydrogens (tertiary/aromatic N) is 1. The Balaban J connectivity index is 1.36. The van der Waals surface area contributed by atoms with Gasteiger partial charge in [-0.05, 0) is 60.9 Å². The molecule has 5 rings (SSSR count). The predicted molar refractivity (Wildman–Crippen MR) is 121 cm³/mol. The van der Waals surface area contributed by atoms with E-state index in [9.17, 15) is 19.2 Å². The Morgan fingerprint density at radius 1 is 1.16 bits per heavy atom. The minimum Gasteiger partial charge on any atom is -0.350 e. The van der Waals surface area contributed by atoms with Gasteiger partial charge in [0.15, 0.2) is 0 Å². The quantitative estimate of drug-likeness (QED) is 0.485. The molecule has 2 aliphatic rings. The molecular formula is C23H19BrN4O4. The third-order valence-electron chi connectivity index (χ3n) is 6.03. The van der Waals surface area contributed by atoms with E-state index in [0.717, 1.165) is 26.5 Å². The molecule has 0 saturated carbocycles. The molecule has 0 bridgehead atoms. The monoisotopic (exact) mass is 494 g/mol. The lowest BCUT2D eigenvalue weighted by molar-refractivity contribution is -0.136. The molecule has 1 saturated heterocycles. The first-order valence-corrected chi connectivity index (χ1v) is 11.0. The standard InChI is InChI=1S/C23H19BrN4O4/c1-11-16-9-13(24)2-5-17(16)26-20(11)22(31)25-14-3-4-15-12(8-14)10-28(23(15)32)18-6-7-19(29)27-21(18)30/h2-5,8-9,18,26H,6-7,10H2,1H3,(H,25,31)(H,27,29,30). The average Bonchev–Trinajstić information content (AvgIpc) is 3.25. The van der Waals surface area contributed by atoms with Gasteiger partial charge in [-0.1, -0.05) is 15.9 Å². The molecule has 8 nitrogen and oxygen atoms in total. The number of nitrogens with one attached hydrogen (secondary N) is 3. The number of H-pyrrole nitrogens is 1. The van der Waals surface area contributed by atoms with Crippen molar-refractivity contribution in [3.63, 3.8) is 0 Å². The zero-order valence-corrected chi connectivity index (χ0v) is 18.7. The van der Waals surface area contributed by atoms with E-state index in [2.05, 4.69) is 31.5 Å². The first-order chi connectivity index (χ1) is 15.3. The molecule has 1 aromatic heterocycles. The fraction of sp³-hybridized carbons (Fsp3) is 0.217. The van der Waals surface area contributed by atoms with Crippen LogP contribution in [0.2, 0.25) is 0 Å². The van der Waals surface area contributed by atoms with E-state index in [-0.39, 0.29) is 30.7 Å². The molecule has 2 aliphatic heterocycles. The number of fused-ring (bicyclic) bond motifs is 2. The number of anilines is 1. The summed E-state index contributed by atoms with van der Waals surface area (Å²) in [5, 5.41) is 6.15. The molecule has 4 amide bonds. The second kappa shape index (κ2) is 7.59. The van der Waals surface area contributed by atoms with Crippen LogP contribution in [-0.4, -0.2) is 39.6 Å². The summed E-state index contributed by atoms with van der Waals surface area (Å²) >= 11 is 3.45. The Bertz CT molecular complexity index is 1330. The molecule has 32 heavy (non-hydrogen) atoms. The minimum absolute atomic E-state index is 0.207. The van der Waals surface area contributed by atoms with Gasteiger partial charge in [-0.2, -0.15) is 0 Å².